The van der Waals surface area contributed by atoms with Gasteiger partial charge >= 0.3 is 0 Å². The topological polar surface area (TPSA) is 45.6 Å². The number of rotatable bonds is 5. The molecule has 0 amide bonds. The van der Waals surface area contributed by atoms with Crippen LogP contribution in [0, 0.1) is 5.82 Å². The molecular formula is C25H26FN3O2. The molecule has 1 aliphatic heterocycles. The minimum absolute atomic E-state index is 0.181. The normalized spacial score (nSPS) is 15.1. The van der Waals surface area contributed by atoms with Gasteiger partial charge in [0.05, 0.1) is 11.2 Å². The van der Waals surface area contributed by atoms with Crippen molar-refractivity contribution >= 4 is 28.4 Å². The number of hydrogen-bond donors (Lipinski definition) is 0. The lowest BCUT2D eigenvalue weighted by molar-refractivity contribution is 0.104. The molecule has 0 saturated carbocycles. The molecular weight excluding hydrogens is 393 g/mol. The number of anilines is 1. The van der Waals surface area contributed by atoms with E-state index in [0.717, 1.165) is 26.2 Å². The smallest absolute Gasteiger partial charge is 0.196 e. The average molecular weight is 420 g/mol. The molecule has 1 saturated heterocycles. The molecule has 2 heterocycles. The molecule has 6 heteroatoms. The predicted octanol–water partition coefficient (Wildman–Crippen LogP) is 3.81. The Bertz CT molecular complexity index is 1190. The van der Waals surface area contributed by atoms with E-state index >= 15 is 4.39 Å². The minimum atomic E-state index is -0.390. The first-order chi connectivity index (χ1) is 15.0. The Labute approximate surface area is 181 Å². The quantitative estimate of drug-likeness (QED) is 0.466. The van der Waals surface area contributed by atoms with Gasteiger partial charge in [0.2, 0.25) is 0 Å². The van der Waals surface area contributed by atoms with Crippen LogP contribution in [-0.4, -0.2) is 48.5 Å². The summed E-state index contributed by atoms with van der Waals surface area (Å²) in [5, 5.41) is 0.325. The molecule has 1 aromatic heterocycles. The SMILES string of the molecule is CCn1cc(/C=C/C(=O)c2ccccc2)c(=O)c2cc(F)c(N3CCN(C)CC3)cc21. The maximum Gasteiger partial charge on any atom is 0.196 e. The number of pyridine rings is 1. The lowest BCUT2D eigenvalue weighted by Gasteiger charge is -2.34. The number of aromatic nitrogens is 1. The zero-order valence-electron chi connectivity index (χ0n) is 17.8. The summed E-state index contributed by atoms with van der Waals surface area (Å²) in [5.74, 6) is -0.571. The van der Waals surface area contributed by atoms with Crippen molar-refractivity contribution in [3.63, 3.8) is 0 Å². The first kappa shape index (κ1) is 21.0. The summed E-state index contributed by atoms with van der Waals surface area (Å²) in [4.78, 5) is 29.7. The lowest BCUT2D eigenvalue weighted by atomic mass is 10.1. The second-order valence-electron chi connectivity index (χ2n) is 7.87. The largest absolute Gasteiger partial charge is 0.367 e. The van der Waals surface area contributed by atoms with Crippen LogP contribution in [0.25, 0.3) is 17.0 Å². The fraction of sp³-hybridized carbons (Fsp3) is 0.280. The Balaban J connectivity index is 1.73. The van der Waals surface area contributed by atoms with Crippen molar-refractivity contribution < 1.29 is 9.18 Å². The van der Waals surface area contributed by atoms with Gasteiger partial charge < -0.3 is 14.4 Å². The van der Waals surface area contributed by atoms with Crippen LogP contribution in [-0.2, 0) is 6.54 Å². The molecule has 4 rings (SSSR count). The van der Waals surface area contributed by atoms with Crippen molar-refractivity contribution in [3.05, 3.63) is 81.9 Å². The number of halogens is 1. The number of aryl methyl sites for hydroxylation is 1. The van der Waals surface area contributed by atoms with Crippen molar-refractivity contribution in [2.24, 2.45) is 0 Å². The van der Waals surface area contributed by atoms with Crippen LogP contribution in [0.3, 0.4) is 0 Å². The van der Waals surface area contributed by atoms with E-state index in [9.17, 15) is 9.59 Å². The molecule has 0 N–H and O–H groups in total. The summed E-state index contributed by atoms with van der Waals surface area (Å²) in [5.41, 5.74) is 1.88. The van der Waals surface area contributed by atoms with Crippen LogP contribution in [0.4, 0.5) is 10.1 Å². The van der Waals surface area contributed by atoms with Crippen LogP contribution < -0.4 is 10.3 Å². The van der Waals surface area contributed by atoms with Crippen LogP contribution in [0.1, 0.15) is 22.8 Å². The third-order valence-corrected chi connectivity index (χ3v) is 5.83. The second kappa shape index (κ2) is 8.86. The van der Waals surface area contributed by atoms with E-state index in [2.05, 4.69) is 11.9 Å². The van der Waals surface area contributed by atoms with Gasteiger partial charge in [-0.1, -0.05) is 30.3 Å². The van der Waals surface area contributed by atoms with Crippen molar-refractivity contribution in [2.75, 3.05) is 38.1 Å². The molecule has 1 aliphatic rings. The number of carbonyl (C=O) groups is 1. The van der Waals surface area contributed by atoms with Crippen molar-refractivity contribution in [1.29, 1.82) is 0 Å². The highest BCUT2D eigenvalue weighted by molar-refractivity contribution is 6.06. The predicted molar refractivity (Wildman–Crippen MR) is 123 cm³/mol. The third kappa shape index (κ3) is 4.30. The standard InChI is InChI=1S/C25H26FN3O2/c1-3-28-17-19(9-10-24(30)18-7-5-4-6-8-18)25(31)20-15-21(26)23(16-22(20)28)29-13-11-27(2)12-14-29/h4-10,15-17H,3,11-14H2,1-2H3/b10-9+. The van der Waals surface area contributed by atoms with E-state index in [-0.39, 0.29) is 11.2 Å². The van der Waals surface area contributed by atoms with E-state index in [1.54, 1.807) is 36.5 Å². The zero-order valence-corrected chi connectivity index (χ0v) is 17.8. The van der Waals surface area contributed by atoms with E-state index in [1.165, 1.54) is 18.2 Å². The van der Waals surface area contributed by atoms with Crippen LogP contribution in [0.5, 0.6) is 0 Å². The average Bonchev–Trinajstić information content (AvgIpc) is 2.79. The van der Waals surface area contributed by atoms with E-state index in [4.69, 9.17) is 0 Å². The van der Waals surface area contributed by atoms with E-state index in [1.807, 2.05) is 22.5 Å². The van der Waals surface area contributed by atoms with E-state index in [0.29, 0.717) is 34.3 Å². The molecule has 160 valence electrons. The van der Waals surface area contributed by atoms with Crippen LogP contribution >= 0.6 is 0 Å². The van der Waals surface area contributed by atoms with Gasteiger partial charge in [-0.3, -0.25) is 9.59 Å². The number of hydrogen-bond acceptors (Lipinski definition) is 4. The van der Waals surface area contributed by atoms with Gasteiger partial charge in [-0.05, 0) is 38.3 Å². The summed E-state index contributed by atoms with van der Waals surface area (Å²) < 4.78 is 16.9. The molecule has 0 unspecified atom stereocenters. The maximum absolute atomic E-state index is 15.0. The van der Waals surface area contributed by atoms with Gasteiger partial charge in [-0.25, -0.2) is 4.39 Å². The number of piperazine rings is 1. The Kier molecular flexibility index (Phi) is 6.00. The summed E-state index contributed by atoms with van der Waals surface area (Å²) in [6.45, 7) is 5.84. The molecule has 2 aromatic carbocycles. The highest BCUT2D eigenvalue weighted by Crippen LogP contribution is 2.26. The Morgan fingerprint density at radius 3 is 2.48 bits per heavy atom. The fourth-order valence-corrected chi connectivity index (χ4v) is 3.96. The number of likely N-dealkylation sites (N-methyl/N-ethyl adjacent to an activating group) is 1. The number of nitrogens with zero attached hydrogens (tertiary/aromatic N) is 3. The number of ketones is 1. The summed E-state index contributed by atoms with van der Waals surface area (Å²) >= 11 is 0. The van der Waals surface area contributed by atoms with Gasteiger partial charge in [0.25, 0.3) is 0 Å². The first-order valence-corrected chi connectivity index (χ1v) is 10.6. The molecule has 0 atom stereocenters. The number of allylic oxidation sites excluding steroid dienone is 1. The highest BCUT2D eigenvalue weighted by atomic mass is 19.1. The van der Waals surface area contributed by atoms with Gasteiger partial charge in [-0.15, -0.1) is 0 Å². The van der Waals surface area contributed by atoms with Gasteiger partial charge in [0.15, 0.2) is 11.2 Å². The lowest BCUT2D eigenvalue weighted by Crippen LogP contribution is -2.44. The van der Waals surface area contributed by atoms with Crippen molar-refractivity contribution in [2.45, 2.75) is 13.5 Å². The number of benzene rings is 2. The molecule has 5 nitrogen and oxygen atoms in total. The third-order valence-electron chi connectivity index (χ3n) is 5.83. The summed E-state index contributed by atoms with van der Waals surface area (Å²) in [7, 11) is 2.06. The number of carbonyl (C=O) groups excluding carboxylic acids is 1. The zero-order chi connectivity index (χ0) is 22.0. The minimum Gasteiger partial charge on any atom is -0.367 e. The van der Waals surface area contributed by atoms with Crippen LogP contribution in [0.15, 0.2) is 59.5 Å². The highest BCUT2D eigenvalue weighted by Gasteiger charge is 2.20. The maximum atomic E-state index is 15.0. The second-order valence-corrected chi connectivity index (χ2v) is 7.87. The molecule has 3 aromatic rings. The Morgan fingerprint density at radius 2 is 1.81 bits per heavy atom. The molecule has 1 fully saturated rings. The molecule has 0 spiro atoms. The Morgan fingerprint density at radius 1 is 1.10 bits per heavy atom. The van der Waals surface area contributed by atoms with Gasteiger partial charge in [-0.2, -0.15) is 0 Å². The molecule has 0 bridgehead atoms. The van der Waals surface area contributed by atoms with Crippen molar-refractivity contribution in [3.8, 4) is 0 Å². The summed E-state index contributed by atoms with van der Waals surface area (Å²) in [6, 6.07) is 12.0. The van der Waals surface area contributed by atoms with Gasteiger partial charge in [0, 0.05) is 55.4 Å². The first-order valence-electron chi connectivity index (χ1n) is 10.6. The molecule has 31 heavy (non-hydrogen) atoms. The van der Waals surface area contributed by atoms with Crippen LogP contribution in [0.2, 0.25) is 0 Å². The summed E-state index contributed by atoms with van der Waals surface area (Å²) in [6.07, 6.45) is 4.66. The molecule has 0 radical (unpaired) electrons. The van der Waals surface area contributed by atoms with Gasteiger partial charge in [0.1, 0.15) is 5.82 Å². The number of fused-ring (bicyclic) bond motifs is 1. The fourth-order valence-electron chi connectivity index (χ4n) is 3.96. The molecule has 0 aliphatic carbocycles. The van der Waals surface area contributed by atoms with E-state index < -0.39 is 5.82 Å². The monoisotopic (exact) mass is 419 g/mol. The Hall–Kier alpha value is -3.25. The van der Waals surface area contributed by atoms with Crippen molar-refractivity contribution in [1.82, 2.24) is 9.47 Å².